The second-order valence-corrected chi connectivity index (χ2v) is 9.05. The van der Waals surface area contributed by atoms with Gasteiger partial charge in [-0.15, -0.1) is 0 Å². The van der Waals surface area contributed by atoms with Gasteiger partial charge in [0, 0.05) is 0 Å². The number of phosphoric acid groups is 2. The molecule has 0 radical (unpaired) electrons. The molecule has 0 rings (SSSR count). The summed E-state index contributed by atoms with van der Waals surface area (Å²) in [5.74, 6) is 0. The van der Waals surface area contributed by atoms with Crippen molar-refractivity contribution in [2.24, 2.45) is 34.4 Å². The molecule has 18 N–H and O–H groups in total. The van der Waals surface area contributed by atoms with Crippen molar-refractivity contribution in [3.05, 3.63) is 0 Å². The molecule has 0 amide bonds. The van der Waals surface area contributed by atoms with Crippen LogP contribution >= 0.6 is 15.6 Å². The number of rotatable bonds is 15. The number of hydrogen-bond donors (Lipinski definition) is 12. The molecule has 0 aliphatic rings. The molecule has 0 atom stereocenters. The van der Waals surface area contributed by atoms with Crippen molar-refractivity contribution in [2.45, 2.75) is 77.0 Å². The van der Waals surface area contributed by atoms with Gasteiger partial charge in [-0.3, -0.25) is 0 Å². The van der Waals surface area contributed by atoms with Crippen LogP contribution in [0.3, 0.4) is 0 Å². The first kappa shape index (κ1) is 44.0. The van der Waals surface area contributed by atoms with Crippen molar-refractivity contribution in [2.75, 3.05) is 39.3 Å². The Morgan fingerprint density at radius 1 is 0.324 bits per heavy atom. The van der Waals surface area contributed by atoms with Gasteiger partial charge in [0.1, 0.15) is 0 Å². The lowest BCUT2D eigenvalue weighted by Crippen LogP contribution is -2.00. The van der Waals surface area contributed by atoms with Gasteiger partial charge in [0.05, 0.1) is 0 Å². The first-order valence-corrected chi connectivity index (χ1v) is 14.6. The highest BCUT2D eigenvalue weighted by atomic mass is 31.2. The fourth-order valence-corrected chi connectivity index (χ4v) is 1.93. The molecule has 0 bridgehead atoms. The van der Waals surface area contributed by atoms with E-state index in [1.165, 1.54) is 38.5 Å². The fraction of sp³-hybridized carbons (Fsp3) is 1.00. The van der Waals surface area contributed by atoms with Crippen LogP contribution in [-0.4, -0.2) is 68.6 Å². The molecule has 0 unspecified atom stereocenters. The maximum Gasteiger partial charge on any atom is 0.466 e. The predicted molar refractivity (Wildman–Crippen MR) is 138 cm³/mol. The van der Waals surface area contributed by atoms with Crippen molar-refractivity contribution < 1.29 is 38.5 Å². The van der Waals surface area contributed by atoms with Gasteiger partial charge >= 0.3 is 15.6 Å². The SMILES string of the molecule is NCCCCCCN.NCCCCCCN.NCCCCCCN.O=P(O)(O)O.O=P(O)(O)O. The quantitative estimate of drug-likeness (QED) is 0.0916. The number of hydrogen-bond acceptors (Lipinski definition) is 8. The smallest absolute Gasteiger partial charge is 0.330 e. The van der Waals surface area contributed by atoms with Gasteiger partial charge in [-0.25, -0.2) is 9.13 Å². The lowest BCUT2D eigenvalue weighted by atomic mass is 10.2. The van der Waals surface area contributed by atoms with Crippen LogP contribution in [0.1, 0.15) is 77.0 Å². The minimum atomic E-state index is -4.64. The van der Waals surface area contributed by atoms with Gasteiger partial charge < -0.3 is 63.8 Å². The van der Waals surface area contributed by atoms with E-state index in [1.807, 2.05) is 0 Å². The highest BCUT2D eigenvalue weighted by molar-refractivity contribution is 7.45. The molecular formula is C18H54N6O8P2. The Labute approximate surface area is 205 Å². The van der Waals surface area contributed by atoms with Crippen LogP contribution in [0.2, 0.25) is 0 Å². The Kier molecular flexibility index (Phi) is 48.6. The van der Waals surface area contributed by atoms with Crippen LogP contribution in [0.15, 0.2) is 0 Å². The average Bonchev–Trinajstić information content (AvgIpc) is 2.71. The summed E-state index contributed by atoms with van der Waals surface area (Å²) >= 11 is 0. The molecule has 0 aromatic heterocycles. The van der Waals surface area contributed by atoms with Crippen LogP contribution < -0.4 is 34.4 Å². The Morgan fingerprint density at radius 3 is 0.471 bits per heavy atom. The van der Waals surface area contributed by atoms with Crippen LogP contribution in [0.25, 0.3) is 0 Å². The molecule has 214 valence electrons. The summed E-state index contributed by atoms with van der Waals surface area (Å²) in [4.78, 5) is 43.1. The van der Waals surface area contributed by atoms with Gasteiger partial charge in [-0.2, -0.15) is 0 Å². The molecule has 0 spiro atoms. The minimum Gasteiger partial charge on any atom is -0.330 e. The maximum absolute atomic E-state index is 8.88. The molecule has 0 aromatic rings. The molecule has 14 nitrogen and oxygen atoms in total. The third-order valence-corrected chi connectivity index (χ3v) is 3.47. The molecule has 0 aliphatic heterocycles. The van der Waals surface area contributed by atoms with E-state index in [-0.39, 0.29) is 0 Å². The first-order valence-electron chi connectivity index (χ1n) is 11.5. The van der Waals surface area contributed by atoms with Gasteiger partial charge in [0.15, 0.2) is 0 Å². The largest absolute Gasteiger partial charge is 0.466 e. The fourth-order valence-electron chi connectivity index (χ4n) is 1.93. The highest BCUT2D eigenvalue weighted by Crippen LogP contribution is 2.26. The van der Waals surface area contributed by atoms with E-state index in [0.717, 1.165) is 77.8 Å². The van der Waals surface area contributed by atoms with E-state index < -0.39 is 15.6 Å². The molecule has 0 fully saturated rings. The third kappa shape index (κ3) is 137. The topological polar surface area (TPSA) is 312 Å². The number of unbranched alkanes of at least 4 members (excludes halogenated alkanes) is 9. The first-order chi connectivity index (χ1) is 15.7. The van der Waals surface area contributed by atoms with E-state index in [1.54, 1.807) is 0 Å². The van der Waals surface area contributed by atoms with Gasteiger partial charge in [0.2, 0.25) is 0 Å². The second-order valence-electron chi connectivity index (χ2n) is 7.00. The van der Waals surface area contributed by atoms with Crippen molar-refractivity contribution in [3.8, 4) is 0 Å². The summed E-state index contributed by atoms with van der Waals surface area (Å²) in [6.45, 7) is 4.94. The van der Waals surface area contributed by atoms with Crippen molar-refractivity contribution in [1.29, 1.82) is 0 Å². The Hall–Kier alpha value is -0.0200. The van der Waals surface area contributed by atoms with E-state index in [0.29, 0.717) is 0 Å². The summed E-state index contributed by atoms with van der Waals surface area (Å²) in [5.41, 5.74) is 31.7. The van der Waals surface area contributed by atoms with E-state index >= 15 is 0 Å². The molecule has 34 heavy (non-hydrogen) atoms. The molecule has 0 saturated carbocycles. The zero-order valence-corrected chi connectivity index (χ0v) is 22.4. The lowest BCUT2D eigenvalue weighted by molar-refractivity contribution is 0.272. The highest BCUT2D eigenvalue weighted by Gasteiger charge is 2.00. The molecule has 0 aliphatic carbocycles. The number of nitrogens with two attached hydrogens (primary N) is 6. The summed E-state index contributed by atoms with van der Waals surface area (Å²) in [6, 6.07) is 0. The molecule has 0 aromatic carbocycles. The summed E-state index contributed by atoms with van der Waals surface area (Å²) < 4.78 is 17.8. The Bertz CT molecular complexity index is 348. The van der Waals surface area contributed by atoms with Crippen molar-refractivity contribution in [1.82, 2.24) is 0 Å². The summed E-state index contributed by atoms with van der Waals surface area (Å²) in [6.07, 6.45) is 14.4. The zero-order valence-electron chi connectivity index (χ0n) is 20.6. The van der Waals surface area contributed by atoms with Crippen molar-refractivity contribution >= 4 is 15.6 Å². The van der Waals surface area contributed by atoms with Crippen LogP contribution in [0.5, 0.6) is 0 Å². The van der Waals surface area contributed by atoms with E-state index in [4.69, 9.17) is 72.9 Å². The van der Waals surface area contributed by atoms with Gasteiger partial charge in [-0.1, -0.05) is 38.5 Å². The summed E-state index contributed by atoms with van der Waals surface area (Å²) in [7, 11) is -9.28. The van der Waals surface area contributed by atoms with E-state index in [9.17, 15) is 0 Å². The predicted octanol–water partition coefficient (Wildman–Crippen LogP) is -0.465. The van der Waals surface area contributed by atoms with Gasteiger partial charge in [0.25, 0.3) is 0 Å². The lowest BCUT2D eigenvalue weighted by Gasteiger charge is -1.94. The maximum atomic E-state index is 8.88. The molecular weight excluding hydrogens is 490 g/mol. The van der Waals surface area contributed by atoms with Crippen molar-refractivity contribution in [3.63, 3.8) is 0 Å². The summed E-state index contributed by atoms with van der Waals surface area (Å²) in [5, 5.41) is 0. The molecule has 16 heteroatoms. The molecule has 0 saturated heterocycles. The monoisotopic (exact) mass is 544 g/mol. The van der Waals surface area contributed by atoms with Gasteiger partial charge in [-0.05, 0) is 77.8 Å². The third-order valence-electron chi connectivity index (χ3n) is 3.47. The van der Waals surface area contributed by atoms with E-state index in [2.05, 4.69) is 0 Å². The zero-order chi connectivity index (χ0) is 27.7. The Morgan fingerprint density at radius 2 is 0.412 bits per heavy atom. The second kappa shape index (κ2) is 37.5. The average molecular weight is 545 g/mol. The normalized spacial score (nSPS) is 10.4. The standard InChI is InChI=1S/3C6H16N2.2H3O4P/c3*7-5-3-1-2-4-6-8;2*1-5(2,3)4/h3*1-8H2;2*(H3,1,2,3,4). The minimum absolute atomic E-state index is 0.824. The van der Waals surface area contributed by atoms with Crippen LogP contribution in [0.4, 0.5) is 0 Å². The molecule has 0 heterocycles. The van der Waals surface area contributed by atoms with Crippen LogP contribution in [0, 0.1) is 0 Å². The van der Waals surface area contributed by atoms with Crippen LogP contribution in [-0.2, 0) is 9.13 Å². The Balaban J connectivity index is -0.000000105.